The summed E-state index contributed by atoms with van der Waals surface area (Å²) in [6, 6.07) is 0. The van der Waals surface area contributed by atoms with Crippen LogP contribution in [0.5, 0.6) is 0 Å². The Hall–Kier alpha value is -2.25. The highest BCUT2D eigenvalue weighted by atomic mass is 16.7. The van der Waals surface area contributed by atoms with Crippen molar-refractivity contribution >= 4 is 18.5 Å². The van der Waals surface area contributed by atoms with Gasteiger partial charge < -0.3 is 25.2 Å². The van der Waals surface area contributed by atoms with Crippen molar-refractivity contribution in [2.24, 2.45) is 0 Å². The predicted octanol–water partition coefficient (Wildman–Crippen LogP) is 3.09. The molecule has 1 rings (SSSR count). The van der Waals surface area contributed by atoms with E-state index in [0.717, 1.165) is 0 Å². The van der Waals surface area contributed by atoms with Gasteiger partial charge in [0, 0.05) is 0 Å². The zero-order chi connectivity index (χ0) is 14.6. The molecule has 0 radical (unpaired) electrons. The highest BCUT2D eigenvalue weighted by molar-refractivity contribution is 5.74. The smallest absolute Gasteiger partial charge is 0.450 e. The predicted molar refractivity (Wildman–Crippen MR) is 60.0 cm³/mol. The molecule has 0 fully saturated rings. The Balaban J connectivity index is 0. The molecule has 0 saturated heterocycles. The molecule has 0 heterocycles. The molecule has 4 N–H and O–H groups in total. The van der Waals surface area contributed by atoms with Crippen LogP contribution < -0.4 is 0 Å². The molecule has 0 bridgehead atoms. The summed E-state index contributed by atoms with van der Waals surface area (Å²) in [7, 11) is 0. The lowest BCUT2D eigenvalue weighted by molar-refractivity contribution is 0.0801. The summed E-state index contributed by atoms with van der Waals surface area (Å²) in [5, 5.41) is 28.9. The summed E-state index contributed by atoms with van der Waals surface area (Å²) >= 11 is 0. The molecule has 18 heavy (non-hydrogen) atoms. The van der Waals surface area contributed by atoms with Crippen LogP contribution in [0.4, 0.5) is 14.4 Å². The third-order valence-corrected chi connectivity index (χ3v) is 1.69. The highest BCUT2D eigenvalue weighted by Gasteiger charge is 2.01. The van der Waals surface area contributed by atoms with Gasteiger partial charge in [-0.15, -0.1) is 0 Å². The van der Waals surface area contributed by atoms with Crippen LogP contribution in [0, 0.1) is 0 Å². The minimum Gasteiger partial charge on any atom is -0.450 e. The Kier molecular flexibility index (Phi) is 11.3. The van der Waals surface area contributed by atoms with Crippen LogP contribution in [0.15, 0.2) is 11.6 Å². The third kappa shape index (κ3) is 23.5. The van der Waals surface area contributed by atoms with Gasteiger partial charge in [-0.25, -0.2) is 14.4 Å². The van der Waals surface area contributed by atoms with Gasteiger partial charge in [0.25, 0.3) is 0 Å². The van der Waals surface area contributed by atoms with Gasteiger partial charge in [0.15, 0.2) is 0 Å². The van der Waals surface area contributed by atoms with Crippen molar-refractivity contribution < 1.29 is 39.5 Å². The first-order valence-electron chi connectivity index (χ1n) is 4.97. The molecule has 1 aliphatic rings. The van der Waals surface area contributed by atoms with Crippen molar-refractivity contribution in [3.63, 3.8) is 0 Å². The van der Waals surface area contributed by atoms with E-state index in [9.17, 15) is 9.59 Å². The summed E-state index contributed by atoms with van der Waals surface area (Å²) in [5.41, 5.74) is 1.59. The first-order chi connectivity index (χ1) is 8.25. The SMILES string of the molecule is CC1=CCCCC1.O=C(O)O.O=C(O)OC(=O)O. The zero-order valence-electron chi connectivity index (χ0n) is 9.83. The van der Waals surface area contributed by atoms with Crippen LogP contribution in [0.2, 0.25) is 0 Å². The average Bonchev–Trinajstić information content (AvgIpc) is 2.16. The molecule has 0 aliphatic heterocycles. The van der Waals surface area contributed by atoms with E-state index >= 15 is 0 Å². The van der Waals surface area contributed by atoms with Gasteiger partial charge in [-0.1, -0.05) is 11.6 Å². The van der Waals surface area contributed by atoms with Gasteiger partial charge in [0.1, 0.15) is 0 Å². The molecule has 0 saturated carbocycles. The zero-order valence-corrected chi connectivity index (χ0v) is 9.83. The van der Waals surface area contributed by atoms with E-state index in [-0.39, 0.29) is 0 Å². The Bertz CT molecular complexity index is 291. The molecule has 8 heteroatoms. The van der Waals surface area contributed by atoms with Gasteiger partial charge in [-0.05, 0) is 32.6 Å². The molecule has 1 aliphatic carbocycles. The first kappa shape index (κ1) is 18.1. The molecule has 0 unspecified atom stereocenters. The number of hydrogen-bond donors (Lipinski definition) is 4. The second-order valence-corrected chi connectivity index (χ2v) is 3.21. The van der Waals surface area contributed by atoms with Crippen molar-refractivity contribution in [1.29, 1.82) is 0 Å². The van der Waals surface area contributed by atoms with Gasteiger partial charge in [0.05, 0.1) is 0 Å². The standard InChI is InChI=1S/C7H12.C2H2O5.CH2O3/c1-7-5-3-2-4-6-7;3-1(4)7-2(5)6;2-1(3)4/h5H,2-4,6H2,1H3;(H,3,4)(H,5,6);(H2,2,3,4). The van der Waals surface area contributed by atoms with Crippen molar-refractivity contribution in [1.82, 2.24) is 0 Å². The number of rotatable bonds is 0. The van der Waals surface area contributed by atoms with Crippen molar-refractivity contribution in [3.8, 4) is 0 Å². The molecule has 0 amide bonds. The van der Waals surface area contributed by atoms with E-state index in [1.165, 1.54) is 25.7 Å². The van der Waals surface area contributed by atoms with Crippen LogP contribution >= 0.6 is 0 Å². The first-order valence-corrected chi connectivity index (χ1v) is 4.97. The highest BCUT2D eigenvalue weighted by Crippen LogP contribution is 2.15. The minimum absolute atomic E-state index is 1.33. The summed E-state index contributed by atoms with van der Waals surface area (Å²) < 4.78 is 3.08. The number of hydrogen-bond acceptors (Lipinski definition) is 4. The maximum absolute atomic E-state index is 9.21. The second-order valence-electron chi connectivity index (χ2n) is 3.21. The maximum Gasteiger partial charge on any atom is 0.516 e. The van der Waals surface area contributed by atoms with E-state index in [4.69, 9.17) is 25.2 Å². The Morgan fingerprint density at radius 2 is 1.50 bits per heavy atom. The van der Waals surface area contributed by atoms with Gasteiger partial charge in [-0.3, -0.25) is 0 Å². The Labute approximate surface area is 103 Å². The van der Waals surface area contributed by atoms with Crippen molar-refractivity contribution in [2.75, 3.05) is 0 Å². The lowest BCUT2D eigenvalue weighted by Gasteiger charge is -2.05. The monoisotopic (exact) mass is 264 g/mol. The summed E-state index contributed by atoms with van der Waals surface area (Å²) in [6.45, 7) is 2.22. The van der Waals surface area contributed by atoms with E-state index in [1.54, 1.807) is 5.57 Å². The Morgan fingerprint density at radius 3 is 1.61 bits per heavy atom. The lowest BCUT2D eigenvalue weighted by atomic mass is 10.0. The fourth-order valence-electron chi connectivity index (χ4n) is 1.07. The molecular weight excluding hydrogens is 248 g/mol. The van der Waals surface area contributed by atoms with Crippen LogP contribution in [-0.4, -0.2) is 38.9 Å². The minimum atomic E-state index is -1.83. The normalized spacial score (nSPS) is 12.6. The summed E-state index contributed by atoms with van der Waals surface area (Å²) in [6.07, 6.45) is 2.40. The molecule has 0 aromatic rings. The van der Waals surface area contributed by atoms with Gasteiger partial charge in [0.2, 0.25) is 0 Å². The van der Waals surface area contributed by atoms with Crippen molar-refractivity contribution in [2.45, 2.75) is 32.6 Å². The molecule has 0 atom stereocenters. The van der Waals surface area contributed by atoms with E-state index < -0.39 is 18.5 Å². The van der Waals surface area contributed by atoms with Crippen LogP contribution in [0.1, 0.15) is 32.6 Å². The van der Waals surface area contributed by atoms with Crippen LogP contribution in [0.25, 0.3) is 0 Å². The van der Waals surface area contributed by atoms with Gasteiger partial charge in [-0.2, -0.15) is 0 Å². The quantitative estimate of drug-likeness (QED) is 0.297. The third-order valence-electron chi connectivity index (χ3n) is 1.69. The summed E-state index contributed by atoms with van der Waals surface area (Å²) in [5.74, 6) is 0. The van der Waals surface area contributed by atoms with Crippen molar-refractivity contribution in [3.05, 3.63) is 11.6 Å². The van der Waals surface area contributed by atoms with E-state index in [1.807, 2.05) is 0 Å². The number of carbonyl (C=O) groups is 3. The molecule has 8 nitrogen and oxygen atoms in total. The maximum atomic E-state index is 9.21. The Morgan fingerprint density at radius 1 is 1.06 bits per heavy atom. The fraction of sp³-hybridized carbons (Fsp3) is 0.500. The molecule has 0 aromatic heterocycles. The van der Waals surface area contributed by atoms with E-state index in [0.29, 0.717) is 0 Å². The molecular formula is C10H16O8. The number of allylic oxidation sites excluding steroid dienone is 2. The number of carboxylic acid groups (broad SMARTS) is 4. The molecule has 104 valence electrons. The second kappa shape index (κ2) is 11.2. The van der Waals surface area contributed by atoms with Gasteiger partial charge >= 0.3 is 18.5 Å². The molecule has 0 aromatic carbocycles. The largest absolute Gasteiger partial charge is 0.516 e. The average molecular weight is 264 g/mol. The number of ether oxygens (including phenoxy) is 1. The van der Waals surface area contributed by atoms with Crippen LogP contribution in [-0.2, 0) is 4.74 Å². The fourth-order valence-corrected chi connectivity index (χ4v) is 1.07. The summed E-state index contributed by atoms with van der Waals surface area (Å²) in [4.78, 5) is 27.0. The molecule has 0 spiro atoms. The lowest BCUT2D eigenvalue weighted by Crippen LogP contribution is -2.05. The van der Waals surface area contributed by atoms with Crippen LogP contribution in [0.3, 0.4) is 0 Å². The topological polar surface area (TPSA) is 141 Å². The van der Waals surface area contributed by atoms with E-state index in [2.05, 4.69) is 17.7 Å².